The lowest BCUT2D eigenvalue weighted by Gasteiger charge is -2.20. The Morgan fingerprint density at radius 1 is 0.920 bits per heavy atom. The number of aryl methyl sites for hydroxylation is 2. The molecule has 3 heterocycles. The van der Waals surface area contributed by atoms with Crippen molar-refractivity contribution in [3.8, 4) is 0 Å². The molecule has 4 rings (SSSR count). The first kappa shape index (κ1) is 15.4. The van der Waals surface area contributed by atoms with Crippen molar-refractivity contribution < 1.29 is 0 Å². The number of hydrogen-bond donors (Lipinski definition) is 2. The Morgan fingerprint density at radius 2 is 1.76 bits per heavy atom. The predicted octanol–water partition coefficient (Wildman–Crippen LogP) is 4.78. The van der Waals surface area contributed by atoms with Crippen molar-refractivity contribution in [2.45, 2.75) is 19.9 Å². The van der Waals surface area contributed by atoms with Crippen LogP contribution in [-0.2, 0) is 0 Å². The topological polar surface area (TPSA) is 53.6 Å². The van der Waals surface area contributed by atoms with E-state index in [0.717, 1.165) is 28.4 Å². The molecule has 0 fully saturated rings. The Hall–Kier alpha value is -3.14. The maximum absolute atomic E-state index is 4.61. The SMILES string of the molecule is Cc1cccc(NC(c2ccccn2)c2c(C)[nH]c3ccccc23)n1. The number of anilines is 1. The van der Waals surface area contributed by atoms with Crippen LogP contribution in [0.4, 0.5) is 5.82 Å². The quantitative estimate of drug-likeness (QED) is 0.567. The first-order chi connectivity index (χ1) is 12.2. The molecule has 0 spiro atoms. The van der Waals surface area contributed by atoms with Crippen molar-refractivity contribution in [3.63, 3.8) is 0 Å². The minimum atomic E-state index is -0.0772. The summed E-state index contributed by atoms with van der Waals surface area (Å²) in [6.45, 7) is 4.11. The zero-order valence-electron chi connectivity index (χ0n) is 14.3. The van der Waals surface area contributed by atoms with Crippen LogP contribution in [0, 0.1) is 13.8 Å². The molecule has 4 nitrogen and oxygen atoms in total. The number of nitrogens with zero attached hydrogens (tertiary/aromatic N) is 2. The van der Waals surface area contributed by atoms with Gasteiger partial charge in [0, 0.05) is 34.1 Å². The van der Waals surface area contributed by atoms with E-state index < -0.39 is 0 Å². The number of pyridine rings is 2. The highest BCUT2D eigenvalue weighted by molar-refractivity contribution is 5.86. The predicted molar refractivity (Wildman–Crippen MR) is 102 cm³/mol. The van der Waals surface area contributed by atoms with Gasteiger partial charge in [-0.15, -0.1) is 0 Å². The number of H-pyrrole nitrogens is 1. The van der Waals surface area contributed by atoms with Gasteiger partial charge in [0.2, 0.25) is 0 Å². The monoisotopic (exact) mass is 328 g/mol. The molecule has 1 aromatic carbocycles. The number of rotatable bonds is 4. The van der Waals surface area contributed by atoms with Crippen molar-refractivity contribution in [2.75, 3.05) is 5.32 Å². The summed E-state index contributed by atoms with van der Waals surface area (Å²) < 4.78 is 0. The minimum Gasteiger partial charge on any atom is -0.358 e. The number of aromatic amines is 1. The van der Waals surface area contributed by atoms with E-state index in [-0.39, 0.29) is 6.04 Å². The van der Waals surface area contributed by atoms with Crippen molar-refractivity contribution in [1.82, 2.24) is 15.0 Å². The zero-order valence-corrected chi connectivity index (χ0v) is 14.3. The summed E-state index contributed by atoms with van der Waals surface area (Å²) in [5, 5.41) is 4.78. The summed E-state index contributed by atoms with van der Waals surface area (Å²) in [5.74, 6) is 0.848. The number of nitrogens with one attached hydrogen (secondary N) is 2. The Bertz CT molecular complexity index is 1000. The molecule has 2 N–H and O–H groups in total. The Morgan fingerprint density at radius 3 is 2.56 bits per heavy atom. The highest BCUT2D eigenvalue weighted by Gasteiger charge is 2.22. The molecular weight excluding hydrogens is 308 g/mol. The van der Waals surface area contributed by atoms with E-state index in [2.05, 4.69) is 51.5 Å². The average molecular weight is 328 g/mol. The van der Waals surface area contributed by atoms with Gasteiger partial charge in [-0.25, -0.2) is 4.98 Å². The van der Waals surface area contributed by atoms with E-state index in [9.17, 15) is 0 Å². The fourth-order valence-corrected chi connectivity index (χ4v) is 3.28. The van der Waals surface area contributed by atoms with Gasteiger partial charge in [-0.2, -0.15) is 0 Å². The third-order valence-corrected chi connectivity index (χ3v) is 4.40. The zero-order chi connectivity index (χ0) is 17.2. The van der Waals surface area contributed by atoms with Gasteiger partial charge in [0.25, 0.3) is 0 Å². The maximum Gasteiger partial charge on any atom is 0.126 e. The van der Waals surface area contributed by atoms with E-state index in [4.69, 9.17) is 0 Å². The average Bonchev–Trinajstić information content (AvgIpc) is 2.96. The third kappa shape index (κ3) is 2.98. The summed E-state index contributed by atoms with van der Waals surface area (Å²) in [6.07, 6.45) is 1.83. The van der Waals surface area contributed by atoms with Crippen LogP contribution in [0.25, 0.3) is 10.9 Å². The molecule has 4 heteroatoms. The maximum atomic E-state index is 4.61. The molecule has 3 aromatic heterocycles. The second-order valence-electron chi connectivity index (χ2n) is 6.21. The van der Waals surface area contributed by atoms with Crippen LogP contribution in [0.3, 0.4) is 0 Å². The molecular formula is C21H20N4. The molecule has 124 valence electrons. The van der Waals surface area contributed by atoms with Gasteiger partial charge in [-0.05, 0) is 44.2 Å². The fourth-order valence-electron chi connectivity index (χ4n) is 3.28. The molecule has 1 unspecified atom stereocenters. The van der Waals surface area contributed by atoms with Gasteiger partial charge in [-0.1, -0.05) is 30.3 Å². The Kier molecular flexibility index (Phi) is 3.94. The summed E-state index contributed by atoms with van der Waals surface area (Å²) >= 11 is 0. The first-order valence-electron chi connectivity index (χ1n) is 8.41. The molecule has 25 heavy (non-hydrogen) atoms. The van der Waals surface area contributed by atoms with Crippen molar-refractivity contribution in [2.24, 2.45) is 0 Å². The molecule has 0 saturated carbocycles. The van der Waals surface area contributed by atoms with Gasteiger partial charge >= 0.3 is 0 Å². The van der Waals surface area contributed by atoms with E-state index in [1.54, 1.807) is 0 Å². The second-order valence-corrected chi connectivity index (χ2v) is 6.21. The van der Waals surface area contributed by atoms with E-state index in [0.29, 0.717) is 0 Å². The van der Waals surface area contributed by atoms with Gasteiger partial charge in [0.1, 0.15) is 5.82 Å². The minimum absolute atomic E-state index is 0.0772. The normalized spacial score (nSPS) is 12.2. The third-order valence-electron chi connectivity index (χ3n) is 4.40. The van der Waals surface area contributed by atoms with Crippen LogP contribution in [0.15, 0.2) is 66.9 Å². The lowest BCUT2D eigenvalue weighted by molar-refractivity contribution is 0.873. The lowest BCUT2D eigenvalue weighted by atomic mass is 9.99. The second kappa shape index (κ2) is 6.40. The number of fused-ring (bicyclic) bond motifs is 1. The number of hydrogen-bond acceptors (Lipinski definition) is 3. The molecule has 0 aliphatic rings. The summed E-state index contributed by atoms with van der Waals surface area (Å²) in [4.78, 5) is 12.7. The molecule has 1 atom stereocenters. The number of benzene rings is 1. The smallest absolute Gasteiger partial charge is 0.126 e. The number of aromatic nitrogens is 3. The first-order valence-corrected chi connectivity index (χ1v) is 8.41. The van der Waals surface area contributed by atoms with E-state index in [1.165, 1.54) is 10.9 Å². The highest BCUT2D eigenvalue weighted by Crippen LogP contribution is 2.33. The van der Waals surface area contributed by atoms with E-state index >= 15 is 0 Å². The molecule has 0 aliphatic heterocycles. The fraction of sp³-hybridized carbons (Fsp3) is 0.143. The van der Waals surface area contributed by atoms with E-state index in [1.807, 2.05) is 49.5 Å². The van der Waals surface area contributed by atoms with Crippen LogP contribution in [0.5, 0.6) is 0 Å². The van der Waals surface area contributed by atoms with Gasteiger partial charge in [0.15, 0.2) is 0 Å². The summed E-state index contributed by atoms with van der Waals surface area (Å²) in [7, 11) is 0. The Balaban J connectivity index is 1.87. The van der Waals surface area contributed by atoms with Crippen LogP contribution >= 0.6 is 0 Å². The Labute approximate surface area is 147 Å². The van der Waals surface area contributed by atoms with Crippen LogP contribution in [0.1, 0.15) is 28.7 Å². The molecule has 0 amide bonds. The lowest BCUT2D eigenvalue weighted by Crippen LogP contribution is -2.15. The molecule has 0 bridgehead atoms. The van der Waals surface area contributed by atoms with Gasteiger partial charge < -0.3 is 10.3 Å². The van der Waals surface area contributed by atoms with Crippen LogP contribution < -0.4 is 5.32 Å². The van der Waals surface area contributed by atoms with Crippen LogP contribution in [-0.4, -0.2) is 15.0 Å². The van der Waals surface area contributed by atoms with Crippen molar-refractivity contribution >= 4 is 16.7 Å². The van der Waals surface area contributed by atoms with Crippen molar-refractivity contribution in [3.05, 3.63) is 89.5 Å². The number of para-hydroxylation sites is 1. The van der Waals surface area contributed by atoms with Gasteiger partial charge in [-0.3, -0.25) is 4.98 Å². The highest BCUT2D eigenvalue weighted by atomic mass is 15.0. The van der Waals surface area contributed by atoms with Crippen molar-refractivity contribution in [1.29, 1.82) is 0 Å². The summed E-state index contributed by atoms with van der Waals surface area (Å²) in [6, 6.07) is 20.3. The largest absolute Gasteiger partial charge is 0.358 e. The molecule has 0 radical (unpaired) electrons. The van der Waals surface area contributed by atoms with Crippen LogP contribution in [0.2, 0.25) is 0 Å². The van der Waals surface area contributed by atoms with Gasteiger partial charge in [0.05, 0.1) is 11.7 Å². The molecule has 0 aliphatic carbocycles. The standard InChI is InChI=1S/C21H20N4/c1-14-8-7-12-19(23-14)25-21(18-11-5-6-13-22-18)20-15(2)24-17-10-4-3-9-16(17)20/h3-13,21,24H,1-2H3,(H,23,25). The molecule has 4 aromatic rings. The summed E-state index contributed by atoms with van der Waals surface area (Å²) in [5.41, 5.74) is 5.43. The molecule has 0 saturated heterocycles.